The van der Waals surface area contributed by atoms with Gasteiger partial charge >= 0.3 is 0 Å². The SMILES string of the molecule is C[C@@H](c1nc(-c2ccccn2)no1)N1C(=O)c2ccccc2C1=O. The number of nitrogens with zero attached hydrogens (tertiary/aromatic N) is 4. The van der Waals surface area contributed by atoms with Gasteiger partial charge in [-0.25, -0.2) is 0 Å². The molecule has 0 fully saturated rings. The maximum Gasteiger partial charge on any atom is 0.262 e. The zero-order valence-corrected chi connectivity index (χ0v) is 12.7. The Hall–Kier alpha value is -3.35. The fraction of sp³-hybridized carbons (Fsp3) is 0.118. The number of carbonyl (C=O) groups excluding carboxylic acids is 2. The first kappa shape index (κ1) is 14.3. The molecule has 24 heavy (non-hydrogen) atoms. The van der Waals surface area contributed by atoms with Gasteiger partial charge in [0.05, 0.1) is 11.1 Å². The van der Waals surface area contributed by atoms with E-state index in [1.165, 1.54) is 0 Å². The summed E-state index contributed by atoms with van der Waals surface area (Å²) in [5.41, 5.74) is 1.33. The van der Waals surface area contributed by atoms with Crippen LogP contribution in [-0.2, 0) is 0 Å². The molecule has 0 radical (unpaired) electrons. The van der Waals surface area contributed by atoms with E-state index in [2.05, 4.69) is 15.1 Å². The van der Waals surface area contributed by atoms with E-state index < -0.39 is 6.04 Å². The average molecular weight is 320 g/mol. The van der Waals surface area contributed by atoms with Crippen molar-refractivity contribution in [3.05, 3.63) is 65.7 Å². The minimum Gasteiger partial charge on any atom is -0.337 e. The Balaban J connectivity index is 1.66. The number of rotatable bonds is 3. The Labute approximate surface area is 136 Å². The molecular formula is C17H12N4O3. The average Bonchev–Trinajstić information content (AvgIpc) is 3.20. The Bertz CT molecular complexity index is 901. The summed E-state index contributed by atoms with van der Waals surface area (Å²) < 4.78 is 5.24. The monoisotopic (exact) mass is 320 g/mol. The van der Waals surface area contributed by atoms with Gasteiger partial charge in [-0.1, -0.05) is 23.4 Å². The predicted octanol–water partition coefficient (Wildman–Crippen LogP) is 2.49. The summed E-state index contributed by atoms with van der Waals surface area (Å²) in [5.74, 6) is -0.222. The molecule has 0 bridgehead atoms. The van der Waals surface area contributed by atoms with Crippen molar-refractivity contribution in [2.24, 2.45) is 0 Å². The van der Waals surface area contributed by atoms with Crippen molar-refractivity contribution < 1.29 is 14.1 Å². The normalized spacial score (nSPS) is 14.8. The second-order valence-corrected chi connectivity index (χ2v) is 5.37. The van der Waals surface area contributed by atoms with Crippen LogP contribution < -0.4 is 0 Å². The highest BCUT2D eigenvalue weighted by Crippen LogP contribution is 2.30. The molecular weight excluding hydrogens is 308 g/mol. The van der Waals surface area contributed by atoms with Crippen molar-refractivity contribution in [3.63, 3.8) is 0 Å². The van der Waals surface area contributed by atoms with Crippen LogP contribution >= 0.6 is 0 Å². The molecule has 7 nitrogen and oxygen atoms in total. The molecule has 2 amide bonds. The second-order valence-electron chi connectivity index (χ2n) is 5.37. The largest absolute Gasteiger partial charge is 0.337 e. The number of benzene rings is 1. The zero-order valence-electron chi connectivity index (χ0n) is 12.7. The lowest BCUT2D eigenvalue weighted by Gasteiger charge is -2.18. The Kier molecular flexibility index (Phi) is 3.19. The molecule has 0 spiro atoms. The number of hydrogen-bond donors (Lipinski definition) is 0. The van der Waals surface area contributed by atoms with Crippen LogP contribution in [0.2, 0.25) is 0 Å². The molecule has 2 aromatic heterocycles. The molecule has 4 rings (SSSR count). The fourth-order valence-electron chi connectivity index (χ4n) is 2.67. The van der Waals surface area contributed by atoms with Gasteiger partial charge in [0, 0.05) is 6.20 Å². The van der Waals surface area contributed by atoms with Gasteiger partial charge in [-0.3, -0.25) is 19.5 Å². The minimum atomic E-state index is -0.664. The maximum atomic E-state index is 12.5. The van der Waals surface area contributed by atoms with Crippen molar-refractivity contribution >= 4 is 11.8 Å². The highest BCUT2D eigenvalue weighted by Gasteiger charge is 2.40. The molecule has 0 saturated heterocycles. The molecule has 1 aliphatic heterocycles. The zero-order chi connectivity index (χ0) is 16.7. The number of carbonyl (C=O) groups is 2. The van der Waals surface area contributed by atoms with Gasteiger partial charge in [-0.15, -0.1) is 0 Å². The third-order valence-corrected chi connectivity index (χ3v) is 3.91. The van der Waals surface area contributed by atoms with Crippen LogP contribution in [0, 0.1) is 0 Å². The lowest BCUT2D eigenvalue weighted by Crippen LogP contribution is -2.32. The van der Waals surface area contributed by atoms with Crippen LogP contribution in [-0.4, -0.2) is 31.8 Å². The molecule has 0 saturated carbocycles. The molecule has 1 aromatic carbocycles. The smallest absolute Gasteiger partial charge is 0.262 e. The lowest BCUT2D eigenvalue weighted by atomic mass is 10.1. The van der Waals surface area contributed by atoms with Crippen LogP contribution in [0.15, 0.2) is 53.2 Å². The third kappa shape index (κ3) is 2.10. The van der Waals surface area contributed by atoms with Gasteiger partial charge in [0.1, 0.15) is 11.7 Å². The second kappa shape index (κ2) is 5.38. The van der Waals surface area contributed by atoms with Crippen LogP contribution in [0.25, 0.3) is 11.5 Å². The highest BCUT2D eigenvalue weighted by molar-refractivity contribution is 6.21. The van der Waals surface area contributed by atoms with Gasteiger partial charge in [-0.2, -0.15) is 4.98 Å². The van der Waals surface area contributed by atoms with E-state index in [0.29, 0.717) is 22.6 Å². The van der Waals surface area contributed by atoms with Crippen molar-refractivity contribution in [1.82, 2.24) is 20.0 Å². The number of imide groups is 1. The van der Waals surface area contributed by atoms with Crippen molar-refractivity contribution in [2.75, 3.05) is 0 Å². The quantitative estimate of drug-likeness (QED) is 0.689. The summed E-state index contributed by atoms with van der Waals surface area (Å²) >= 11 is 0. The van der Waals surface area contributed by atoms with E-state index in [0.717, 1.165) is 4.90 Å². The molecule has 7 heteroatoms. The summed E-state index contributed by atoms with van der Waals surface area (Å²) in [5, 5.41) is 3.88. The summed E-state index contributed by atoms with van der Waals surface area (Å²) in [4.78, 5) is 34.6. The van der Waals surface area contributed by atoms with Crippen molar-refractivity contribution in [3.8, 4) is 11.5 Å². The van der Waals surface area contributed by atoms with Gasteiger partial charge in [-0.05, 0) is 31.2 Å². The molecule has 0 N–H and O–H groups in total. The molecule has 3 aromatic rings. The van der Waals surface area contributed by atoms with E-state index >= 15 is 0 Å². The highest BCUT2D eigenvalue weighted by atomic mass is 16.5. The third-order valence-electron chi connectivity index (χ3n) is 3.91. The summed E-state index contributed by atoms with van der Waals surface area (Å²) in [6.07, 6.45) is 1.62. The van der Waals surface area contributed by atoms with Crippen molar-refractivity contribution in [1.29, 1.82) is 0 Å². The first-order valence-corrected chi connectivity index (χ1v) is 7.39. The topological polar surface area (TPSA) is 89.2 Å². The number of hydrogen-bond acceptors (Lipinski definition) is 6. The van der Waals surface area contributed by atoms with Gasteiger partial charge in [0.25, 0.3) is 11.8 Å². The molecule has 118 valence electrons. The number of amides is 2. The standard InChI is InChI=1S/C17H12N4O3/c1-10(15-19-14(20-24-15)13-8-4-5-9-18-13)21-16(22)11-6-2-3-7-12(11)17(21)23/h2-10H,1H3/t10-/m0/s1. The van der Waals surface area contributed by atoms with Crippen LogP contribution in [0.1, 0.15) is 39.6 Å². The Morgan fingerprint density at radius 3 is 2.29 bits per heavy atom. The van der Waals surface area contributed by atoms with Crippen LogP contribution in [0.3, 0.4) is 0 Å². The molecule has 1 atom stereocenters. The van der Waals surface area contributed by atoms with E-state index in [9.17, 15) is 9.59 Å². The Morgan fingerprint density at radius 2 is 1.67 bits per heavy atom. The molecule has 1 aliphatic rings. The summed E-state index contributed by atoms with van der Waals surface area (Å²) in [7, 11) is 0. The number of fused-ring (bicyclic) bond motifs is 1. The van der Waals surface area contributed by atoms with E-state index in [-0.39, 0.29) is 17.7 Å². The number of aromatic nitrogens is 3. The van der Waals surface area contributed by atoms with E-state index in [1.54, 1.807) is 49.5 Å². The van der Waals surface area contributed by atoms with Gasteiger partial charge in [0.15, 0.2) is 0 Å². The van der Waals surface area contributed by atoms with Gasteiger partial charge < -0.3 is 4.52 Å². The van der Waals surface area contributed by atoms with Crippen molar-refractivity contribution in [2.45, 2.75) is 13.0 Å². The molecule has 0 unspecified atom stereocenters. The first-order chi connectivity index (χ1) is 11.7. The molecule has 3 heterocycles. The lowest BCUT2D eigenvalue weighted by molar-refractivity contribution is 0.0568. The summed E-state index contributed by atoms with van der Waals surface area (Å²) in [6.45, 7) is 1.68. The summed E-state index contributed by atoms with van der Waals surface area (Å²) in [6, 6.07) is 11.4. The van der Waals surface area contributed by atoms with Gasteiger partial charge in [0.2, 0.25) is 11.7 Å². The predicted molar refractivity (Wildman–Crippen MR) is 82.9 cm³/mol. The van der Waals surface area contributed by atoms with E-state index in [1.807, 2.05) is 6.07 Å². The first-order valence-electron chi connectivity index (χ1n) is 7.39. The van der Waals surface area contributed by atoms with Crippen LogP contribution in [0.5, 0.6) is 0 Å². The van der Waals surface area contributed by atoms with E-state index in [4.69, 9.17) is 4.52 Å². The fourth-order valence-corrected chi connectivity index (χ4v) is 2.67. The Morgan fingerprint density at radius 1 is 1.00 bits per heavy atom. The minimum absolute atomic E-state index is 0.185. The van der Waals surface area contributed by atoms with Crippen LogP contribution in [0.4, 0.5) is 0 Å². The molecule has 0 aliphatic carbocycles. The number of pyridine rings is 1. The maximum absolute atomic E-state index is 12.5.